The number of hydrogen-bond acceptors (Lipinski definition) is 0. The summed E-state index contributed by atoms with van der Waals surface area (Å²) in [5.41, 5.74) is -0.215. The van der Waals surface area contributed by atoms with Gasteiger partial charge in [-0.05, 0) is 19.8 Å². The lowest BCUT2D eigenvalue weighted by Crippen LogP contribution is -2.26. The van der Waals surface area contributed by atoms with Crippen molar-refractivity contribution in [3.05, 3.63) is 12.2 Å². The van der Waals surface area contributed by atoms with Crippen LogP contribution in [-0.2, 0) is 0 Å². The summed E-state index contributed by atoms with van der Waals surface area (Å²) >= 11 is 0. The predicted molar refractivity (Wildman–Crippen MR) is 37.1 cm³/mol. The zero-order valence-corrected chi connectivity index (χ0v) is 6.38. The van der Waals surface area contributed by atoms with E-state index in [4.69, 9.17) is 0 Å². The highest BCUT2D eigenvalue weighted by atomic mass is 19.3. The molecule has 0 nitrogen and oxygen atoms in total. The summed E-state index contributed by atoms with van der Waals surface area (Å²) in [4.78, 5) is 0. The van der Waals surface area contributed by atoms with Gasteiger partial charge in [0.15, 0.2) is 0 Å². The summed E-state index contributed by atoms with van der Waals surface area (Å²) in [6, 6.07) is 0. The molecule has 0 aromatic rings. The van der Waals surface area contributed by atoms with Gasteiger partial charge in [0.2, 0.25) is 0 Å². The fourth-order valence-corrected chi connectivity index (χ4v) is 1.37. The Kier molecular flexibility index (Phi) is 1.39. The lowest BCUT2D eigenvalue weighted by atomic mass is 9.92. The van der Waals surface area contributed by atoms with E-state index < -0.39 is 11.3 Å². The van der Waals surface area contributed by atoms with Crippen LogP contribution in [0.5, 0.6) is 0 Å². The number of allylic oxidation sites excluding steroid dienone is 1. The van der Waals surface area contributed by atoms with Crippen molar-refractivity contribution in [3.8, 4) is 0 Å². The molecule has 0 amide bonds. The van der Waals surface area contributed by atoms with E-state index in [-0.39, 0.29) is 0 Å². The molecule has 0 aliphatic heterocycles. The third kappa shape index (κ3) is 0.862. The molecule has 0 spiro atoms. The van der Waals surface area contributed by atoms with Crippen molar-refractivity contribution in [1.29, 1.82) is 0 Å². The molecule has 0 bridgehead atoms. The molecule has 0 aromatic carbocycles. The average molecular weight is 146 g/mol. The van der Waals surface area contributed by atoms with E-state index in [2.05, 4.69) is 6.58 Å². The van der Waals surface area contributed by atoms with Crippen LogP contribution in [0, 0.1) is 5.41 Å². The zero-order chi connectivity index (χ0) is 7.99. The van der Waals surface area contributed by atoms with Gasteiger partial charge in [-0.1, -0.05) is 12.2 Å². The Balaban J connectivity index is 2.80. The summed E-state index contributed by atoms with van der Waals surface area (Å²) in [7, 11) is 0. The summed E-state index contributed by atoms with van der Waals surface area (Å²) < 4.78 is 25.5. The largest absolute Gasteiger partial charge is 0.254 e. The van der Waals surface area contributed by atoms with Gasteiger partial charge in [0.1, 0.15) is 0 Å². The minimum absolute atomic E-state index is 0.603. The van der Waals surface area contributed by atoms with E-state index in [0.717, 1.165) is 6.92 Å². The summed E-state index contributed by atoms with van der Waals surface area (Å²) in [6.07, 6.45) is 1.21. The first-order chi connectivity index (χ1) is 4.40. The molecule has 0 radical (unpaired) electrons. The zero-order valence-electron chi connectivity index (χ0n) is 6.38. The van der Waals surface area contributed by atoms with Crippen LogP contribution in [0.4, 0.5) is 8.78 Å². The maximum atomic E-state index is 12.8. The average Bonchev–Trinajstić information content (AvgIpc) is 2.36. The van der Waals surface area contributed by atoms with Crippen molar-refractivity contribution in [3.63, 3.8) is 0 Å². The van der Waals surface area contributed by atoms with Crippen molar-refractivity contribution in [2.45, 2.75) is 32.6 Å². The SMILES string of the molecule is C=C(C)C1(C(C)(F)F)CC1. The van der Waals surface area contributed by atoms with Gasteiger partial charge >= 0.3 is 0 Å². The van der Waals surface area contributed by atoms with Crippen molar-refractivity contribution in [2.24, 2.45) is 5.41 Å². The molecule has 0 heterocycles. The van der Waals surface area contributed by atoms with E-state index in [1.807, 2.05) is 0 Å². The highest BCUT2D eigenvalue weighted by molar-refractivity contribution is 5.21. The van der Waals surface area contributed by atoms with E-state index in [0.29, 0.717) is 18.4 Å². The highest BCUT2D eigenvalue weighted by Gasteiger charge is 2.59. The Morgan fingerprint density at radius 1 is 1.50 bits per heavy atom. The van der Waals surface area contributed by atoms with Gasteiger partial charge in [0.25, 0.3) is 5.92 Å². The van der Waals surface area contributed by atoms with Gasteiger partial charge in [-0.2, -0.15) is 0 Å². The fourth-order valence-electron chi connectivity index (χ4n) is 1.37. The highest BCUT2D eigenvalue weighted by Crippen LogP contribution is 2.60. The van der Waals surface area contributed by atoms with Crippen LogP contribution in [0.3, 0.4) is 0 Å². The molecule has 1 aliphatic carbocycles. The first-order valence-electron chi connectivity index (χ1n) is 3.44. The quantitative estimate of drug-likeness (QED) is 0.525. The molecule has 0 aromatic heterocycles. The van der Waals surface area contributed by atoms with E-state index in [1.54, 1.807) is 6.92 Å². The van der Waals surface area contributed by atoms with E-state index >= 15 is 0 Å². The topological polar surface area (TPSA) is 0 Å². The Morgan fingerprint density at radius 2 is 1.90 bits per heavy atom. The molecule has 0 saturated heterocycles. The molecule has 1 rings (SSSR count). The maximum absolute atomic E-state index is 12.8. The molecule has 0 atom stereocenters. The first kappa shape index (κ1) is 7.70. The standard InChI is InChI=1S/C8H12F2/c1-6(2)8(4-5-8)7(3,9)10/h1,4-5H2,2-3H3. The summed E-state index contributed by atoms with van der Waals surface area (Å²) in [6.45, 7) is 6.24. The smallest absolute Gasteiger partial charge is 0.206 e. The molecule has 0 N–H and O–H groups in total. The minimum atomic E-state index is -2.57. The van der Waals surface area contributed by atoms with Crippen LogP contribution in [-0.4, -0.2) is 5.92 Å². The molecular weight excluding hydrogens is 134 g/mol. The Bertz CT molecular complexity index is 161. The maximum Gasteiger partial charge on any atom is 0.254 e. The van der Waals surface area contributed by atoms with E-state index in [1.165, 1.54) is 0 Å². The van der Waals surface area contributed by atoms with Gasteiger partial charge in [0.05, 0.1) is 5.41 Å². The lowest BCUT2D eigenvalue weighted by Gasteiger charge is -2.22. The minimum Gasteiger partial charge on any atom is -0.206 e. The van der Waals surface area contributed by atoms with Gasteiger partial charge in [0, 0.05) is 6.92 Å². The third-order valence-corrected chi connectivity index (χ3v) is 2.41. The molecule has 2 heteroatoms. The van der Waals surface area contributed by atoms with Crippen LogP contribution >= 0.6 is 0 Å². The Hall–Kier alpha value is -0.400. The molecule has 1 aliphatic rings. The Morgan fingerprint density at radius 3 is 1.90 bits per heavy atom. The molecular formula is C8H12F2. The third-order valence-electron chi connectivity index (χ3n) is 2.41. The normalized spacial score (nSPS) is 22.4. The van der Waals surface area contributed by atoms with Crippen molar-refractivity contribution < 1.29 is 8.78 Å². The number of alkyl halides is 2. The second-order valence-electron chi connectivity index (χ2n) is 3.25. The molecule has 0 unspecified atom stereocenters. The molecule has 1 saturated carbocycles. The molecule has 58 valence electrons. The van der Waals surface area contributed by atoms with Crippen molar-refractivity contribution in [2.75, 3.05) is 0 Å². The van der Waals surface area contributed by atoms with Crippen LogP contribution in [0.15, 0.2) is 12.2 Å². The van der Waals surface area contributed by atoms with Gasteiger partial charge in [-0.15, -0.1) is 0 Å². The van der Waals surface area contributed by atoms with Crippen LogP contribution in [0.25, 0.3) is 0 Å². The lowest BCUT2D eigenvalue weighted by molar-refractivity contribution is -0.0380. The predicted octanol–water partition coefficient (Wildman–Crippen LogP) is 3.00. The van der Waals surface area contributed by atoms with Gasteiger partial charge < -0.3 is 0 Å². The van der Waals surface area contributed by atoms with Crippen LogP contribution in [0.1, 0.15) is 26.7 Å². The molecule has 10 heavy (non-hydrogen) atoms. The monoisotopic (exact) mass is 146 g/mol. The second-order valence-corrected chi connectivity index (χ2v) is 3.25. The molecule has 1 fully saturated rings. The van der Waals surface area contributed by atoms with E-state index in [9.17, 15) is 8.78 Å². The number of hydrogen-bond donors (Lipinski definition) is 0. The van der Waals surface area contributed by atoms with Gasteiger partial charge in [-0.25, -0.2) is 8.78 Å². The van der Waals surface area contributed by atoms with Crippen molar-refractivity contribution in [1.82, 2.24) is 0 Å². The van der Waals surface area contributed by atoms with Gasteiger partial charge in [-0.3, -0.25) is 0 Å². The van der Waals surface area contributed by atoms with Crippen LogP contribution in [0.2, 0.25) is 0 Å². The Labute approximate surface area is 59.9 Å². The summed E-state index contributed by atoms with van der Waals surface area (Å²) in [5.74, 6) is -2.57. The van der Waals surface area contributed by atoms with Crippen LogP contribution < -0.4 is 0 Å². The van der Waals surface area contributed by atoms with Crippen molar-refractivity contribution >= 4 is 0 Å². The second kappa shape index (κ2) is 1.80. The number of halogens is 2. The first-order valence-corrected chi connectivity index (χ1v) is 3.44. The number of rotatable bonds is 2. The summed E-state index contributed by atoms with van der Waals surface area (Å²) in [5, 5.41) is 0. The fraction of sp³-hybridized carbons (Fsp3) is 0.750.